The van der Waals surface area contributed by atoms with Crippen LogP contribution in [0.15, 0.2) is 65.7 Å². The zero-order chi connectivity index (χ0) is 49.6. The van der Waals surface area contributed by atoms with Crippen LogP contribution in [0.5, 0.6) is 0 Å². The molecule has 3 aromatic heterocycles. The van der Waals surface area contributed by atoms with Gasteiger partial charge < -0.3 is 29.4 Å². The number of amides is 5. The fourth-order valence-electron chi connectivity index (χ4n) is 11.8. The first-order valence-corrected chi connectivity index (χ1v) is 24.8. The molecule has 6 aliphatic rings. The molecule has 3 fully saturated rings. The van der Waals surface area contributed by atoms with Crippen LogP contribution < -0.4 is 30.9 Å². The van der Waals surface area contributed by atoms with E-state index in [4.69, 9.17) is 16.6 Å². The number of fused-ring (bicyclic) bond motifs is 4. The maximum absolute atomic E-state index is 14.0. The van der Waals surface area contributed by atoms with Crippen LogP contribution in [0, 0.1) is 5.41 Å². The van der Waals surface area contributed by atoms with Gasteiger partial charge in [-0.3, -0.25) is 48.8 Å². The lowest BCUT2D eigenvalue weighted by Crippen LogP contribution is -2.57. The van der Waals surface area contributed by atoms with Gasteiger partial charge in [0.2, 0.25) is 11.8 Å². The van der Waals surface area contributed by atoms with Crippen molar-refractivity contribution in [3.63, 3.8) is 0 Å². The molecule has 0 bridgehead atoms. The fraction of sp³-hybridized carbons (Fsp3) is 0.423. The Morgan fingerprint density at radius 2 is 1.65 bits per heavy atom. The Labute approximate surface area is 415 Å². The van der Waals surface area contributed by atoms with Gasteiger partial charge in [0.1, 0.15) is 17.6 Å². The van der Waals surface area contributed by atoms with Crippen molar-refractivity contribution in [1.82, 2.24) is 34.2 Å². The number of nitrogens with zero attached hydrogens (tertiary/aromatic N) is 9. The van der Waals surface area contributed by atoms with Crippen molar-refractivity contribution in [3.8, 4) is 11.3 Å². The second-order valence-electron chi connectivity index (χ2n) is 20.6. The number of nitrogens with one attached hydrogen (secondary N) is 2. The predicted octanol–water partition coefficient (Wildman–Crippen LogP) is 4.90. The lowest BCUT2D eigenvalue weighted by atomic mass is 9.90. The van der Waals surface area contributed by atoms with E-state index in [1.165, 1.54) is 15.8 Å². The lowest BCUT2D eigenvalue weighted by molar-refractivity contribution is -0.136. The van der Waals surface area contributed by atoms with Crippen LogP contribution in [0.3, 0.4) is 0 Å². The van der Waals surface area contributed by atoms with Crippen LogP contribution in [0.2, 0.25) is 5.02 Å². The smallest absolute Gasteiger partial charge is 0.293 e. The first-order chi connectivity index (χ1) is 34.1. The van der Waals surface area contributed by atoms with Gasteiger partial charge in [0.05, 0.1) is 34.1 Å². The van der Waals surface area contributed by atoms with Gasteiger partial charge in [-0.25, -0.2) is 9.97 Å². The number of benzene rings is 2. The number of aliphatic hydroxyl groups excluding tert-OH is 1. The van der Waals surface area contributed by atoms with E-state index in [0.29, 0.717) is 58.2 Å². The van der Waals surface area contributed by atoms with Crippen molar-refractivity contribution in [1.29, 1.82) is 0 Å². The van der Waals surface area contributed by atoms with Crippen molar-refractivity contribution in [2.45, 2.75) is 90.6 Å². The van der Waals surface area contributed by atoms with E-state index >= 15 is 0 Å². The number of imide groups is 2. The SMILES string of the molecule is C[C@H]1CN(C2CCN(c3ccc4c(c3)C(=O)N([C@H]3CCC(=O)NC3=O)C4=O)CC2)CCN1c1ccc(Nc2nc(-c3ccnc(N4CCn5c(cc6c5CC(C)(C)C6)C4=O)c3CO)cn(C)c2=O)cc1Cl. The van der Waals surface area contributed by atoms with E-state index in [2.05, 4.69) is 55.7 Å². The van der Waals surface area contributed by atoms with Crippen LogP contribution >= 0.6 is 11.6 Å². The van der Waals surface area contributed by atoms with E-state index in [-0.39, 0.29) is 52.7 Å². The average molecular weight is 983 g/mol. The van der Waals surface area contributed by atoms with Gasteiger partial charge in [-0.2, -0.15) is 0 Å². The summed E-state index contributed by atoms with van der Waals surface area (Å²) in [6.07, 6.45) is 7.10. The molecule has 11 rings (SSSR count). The Balaban J connectivity index is 0.730. The molecule has 5 amide bonds. The highest BCUT2D eigenvalue weighted by atomic mass is 35.5. The van der Waals surface area contributed by atoms with Gasteiger partial charge in [-0.15, -0.1) is 0 Å². The molecule has 3 N–H and O–H groups in total. The number of rotatable bonds is 9. The third-order valence-electron chi connectivity index (χ3n) is 15.4. The number of aromatic nitrogens is 4. The molecule has 0 saturated carbocycles. The van der Waals surface area contributed by atoms with Gasteiger partial charge in [-0.1, -0.05) is 25.4 Å². The fourth-order valence-corrected chi connectivity index (χ4v) is 12.1. The molecule has 18 nitrogen and oxygen atoms in total. The molecule has 19 heteroatoms. The number of carbonyl (C=O) groups is 5. The van der Waals surface area contributed by atoms with Crippen LogP contribution in [-0.2, 0) is 42.6 Å². The number of aliphatic hydroxyl groups is 1. The van der Waals surface area contributed by atoms with Gasteiger partial charge >= 0.3 is 0 Å². The number of hydrogen-bond acceptors (Lipinski definition) is 13. The molecular formula is C52H56ClN11O7. The normalized spacial score (nSPS) is 21.5. The van der Waals surface area contributed by atoms with E-state index < -0.39 is 36.3 Å². The van der Waals surface area contributed by atoms with Crippen LogP contribution in [0.1, 0.15) is 94.5 Å². The number of pyridine rings is 1. The van der Waals surface area contributed by atoms with Gasteiger partial charge in [0, 0.05) is 112 Å². The van der Waals surface area contributed by atoms with Crippen LogP contribution in [0.4, 0.5) is 28.7 Å². The maximum Gasteiger partial charge on any atom is 0.293 e. The highest BCUT2D eigenvalue weighted by Crippen LogP contribution is 2.41. The van der Waals surface area contributed by atoms with Crippen molar-refractivity contribution in [2.75, 3.05) is 59.3 Å². The topological polar surface area (TPSA) is 199 Å². The highest BCUT2D eigenvalue weighted by Gasteiger charge is 2.45. The minimum Gasteiger partial charge on any atom is -0.392 e. The molecule has 1 aliphatic carbocycles. The summed E-state index contributed by atoms with van der Waals surface area (Å²) < 4.78 is 3.58. The standard InChI is InChI=1S/C52H56ClN11O7/c1-29-26-60(32-12-15-59(16-13-32)33-6-7-35-36(23-33)49(69)64(48(35)68)41-9-10-44(66)57-47(41)67)17-18-61(29)40-8-5-31(22-38(40)53)55-45-51(71)58(4)27-39(56-45)34-11-14-54-46(37(34)28-65)63-20-19-62-42(50(63)70)21-30-24-52(2,3)25-43(30)62/h5-8,11,14,21-23,27,29,32,41,65H,9-10,12-13,15-20,24-26,28H2,1-4H3,(H,55,56)(H,57,66,67)/t29-,41-/m0/s1. The minimum absolute atomic E-state index is 0.0728. The monoisotopic (exact) mass is 981 g/mol. The first-order valence-electron chi connectivity index (χ1n) is 24.4. The Kier molecular flexibility index (Phi) is 11.6. The van der Waals surface area contributed by atoms with Crippen molar-refractivity contribution >= 4 is 69.8 Å². The van der Waals surface area contributed by atoms with E-state index in [1.54, 1.807) is 48.6 Å². The Morgan fingerprint density at radius 1 is 0.859 bits per heavy atom. The summed E-state index contributed by atoms with van der Waals surface area (Å²) in [7, 11) is 1.64. The summed E-state index contributed by atoms with van der Waals surface area (Å²) in [5, 5.41) is 16.8. The van der Waals surface area contributed by atoms with Crippen molar-refractivity contribution in [3.05, 3.63) is 110 Å². The Bertz CT molecular complexity index is 3140. The lowest BCUT2D eigenvalue weighted by Gasteiger charge is -2.47. The highest BCUT2D eigenvalue weighted by molar-refractivity contribution is 6.33. The quantitative estimate of drug-likeness (QED) is 0.169. The summed E-state index contributed by atoms with van der Waals surface area (Å²) in [5.41, 5.74) is 7.19. The number of halogens is 1. The molecule has 5 aromatic rings. The number of piperazine rings is 1. The second-order valence-corrected chi connectivity index (χ2v) is 21.0. The molecule has 71 heavy (non-hydrogen) atoms. The third kappa shape index (κ3) is 8.14. The molecule has 3 saturated heterocycles. The van der Waals surface area contributed by atoms with Gasteiger partial charge in [0.15, 0.2) is 5.82 Å². The molecule has 2 aromatic carbocycles. The van der Waals surface area contributed by atoms with Gasteiger partial charge in [0.25, 0.3) is 23.3 Å². The summed E-state index contributed by atoms with van der Waals surface area (Å²) in [6.45, 7) is 11.3. The molecule has 8 heterocycles. The molecule has 2 atom stereocenters. The maximum atomic E-state index is 14.0. The second kappa shape index (κ2) is 17.8. The molecule has 5 aliphatic heterocycles. The zero-order valence-corrected chi connectivity index (χ0v) is 41.0. The number of hydrogen-bond donors (Lipinski definition) is 3. The molecule has 0 unspecified atom stereocenters. The van der Waals surface area contributed by atoms with E-state index in [1.807, 2.05) is 24.3 Å². The number of anilines is 5. The zero-order valence-electron chi connectivity index (χ0n) is 40.2. The van der Waals surface area contributed by atoms with Crippen molar-refractivity contribution in [2.24, 2.45) is 12.5 Å². The number of aryl methyl sites for hydroxylation is 1. The average Bonchev–Trinajstić information content (AvgIpc) is 3.94. The molecule has 0 radical (unpaired) electrons. The van der Waals surface area contributed by atoms with E-state index in [9.17, 15) is 33.9 Å². The largest absolute Gasteiger partial charge is 0.392 e. The third-order valence-corrected chi connectivity index (χ3v) is 15.7. The summed E-state index contributed by atoms with van der Waals surface area (Å²) in [5.74, 6) is -1.77. The summed E-state index contributed by atoms with van der Waals surface area (Å²) in [4.78, 5) is 97.6. The van der Waals surface area contributed by atoms with Gasteiger partial charge in [-0.05, 0) is 98.5 Å². The Hall–Kier alpha value is -6.89. The van der Waals surface area contributed by atoms with Crippen LogP contribution in [0.25, 0.3) is 11.3 Å². The number of carbonyl (C=O) groups excluding carboxylic acids is 5. The molecule has 368 valence electrons. The first kappa shape index (κ1) is 46.5. The Morgan fingerprint density at radius 3 is 2.39 bits per heavy atom. The van der Waals surface area contributed by atoms with Crippen molar-refractivity contribution < 1.29 is 29.1 Å². The van der Waals surface area contributed by atoms with Crippen LogP contribution in [-0.4, -0.2) is 121 Å². The summed E-state index contributed by atoms with van der Waals surface area (Å²) >= 11 is 7.03. The summed E-state index contributed by atoms with van der Waals surface area (Å²) in [6, 6.07) is 14.2. The molecular weight excluding hydrogens is 926 g/mol. The predicted molar refractivity (Wildman–Crippen MR) is 267 cm³/mol. The number of piperidine rings is 2. The molecule has 0 spiro atoms. The minimum atomic E-state index is -1.000. The van der Waals surface area contributed by atoms with E-state index in [0.717, 1.165) is 74.7 Å².